The summed E-state index contributed by atoms with van der Waals surface area (Å²) in [5.74, 6) is 1.41. The van der Waals surface area contributed by atoms with Gasteiger partial charge in [-0.3, -0.25) is 4.90 Å². The number of nitrogens with zero attached hydrogens (tertiary/aromatic N) is 3. The van der Waals surface area contributed by atoms with E-state index >= 15 is 0 Å². The lowest BCUT2D eigenvalue weighted by Gasteiger charge is -2.26. The van der Waals surface area contributed by atoms with Gasteiger partial charge in [0.1, 0.15) is 12.4 Å². The van der Waals surface area contributed by atoms with Gasteiger partial charge in [-0.15, -0.1) is 0 Å². The molecule has 6 nitrogen and oxygen atoms in total. The lowest BCUT2D eigenvalue weighted by molar-refractivity contribution is 0.0601. The number of rotatable bonds is 8. The molecular weight excluding hydrogens is 294 g/mol. The molecule has 0 aliphatic rings. The zero-order chi connectivity index (χ0) is 16.8. The van der Waals surface area contributed by atoms with Gasteiger partial charge in [-0.2, -0.15) is 4.98 Å². The number of hydrogen-bond donors (Lipinski definition) is 1. The van der Waals surface area contributed by atoms with Crippen LogP contribution in [0.4, 0.5) is 0 Å². The van der Waals surface area contributed by atoms with Crippen molar-refractivity contribution in [2.75, 3.05) is 6.54 Å². The molecular formula is C17H25N3O3. The van der Waals surface area contributed by atoms with Crippen molar-refractivity contribution in [1.29, 1.82) is 0 Å². The number of aromatic hydroxyl groups is 1. The Balaban J connectivity index is 2.01. The molecule has 23 heavy (non-hydrogen) atoms. The Morgan fingerprint density at radius 3 is 2.74 bits per heavy atom. The third-order valence-electron chi connectivity index (χ3n) is 3.70. The number of benzene rings is 1. The summed E-state index contributed by atoms with van der Waals surface area (Å²) < 4.78 is 10.8. The summed E-state index contributed by atoms with van der Waals surface area (Å²) in [6, 6.07) is 7.44. The lowest BCUT2D eigenvalue weighted by atomic mass is 10.1. The van der Waals surface area contributed by atoms with Gasteiger partial charge >= 0.3 is 0 Å². The molecule has 0 saturated carbocycles. The zero-order valence-electron chi connectivity index (χ0n) is 14.2. The second kappa shape index (κ2) is 8.08. The fourth-order valence-corrected chi connectivity index (χ4v) is 2.35. The fourth-order valence-electron chi connectivity index (χ4n) is 2.35. The molecule has 1 atom stereocenters. The second-order valence-corrected chi connectivity index (χ2v) is 5.80. The van der Waals surface area contributed by atoms with Crippen LogP contribution in [-0.4, -0.2) is 32.8 Å². The molecule has 0 aliphatic carbocycles. The SMILES string of the molecule is CCN(Cc1nc(COC(C)C)no1)C(C)c1cccc(O)c1. The first-order valence-corrected chi connectivity index (χ1v) is 7.95. The van der Waals surface area contributed by atoms with Crippen LogP contribution in [0.3, 0.4) is 0 Å². The number of ether oxygens (including phenoxy) is 1. The molecule has 1 aromatic heterocycles. The Bertz CT molecular complexity index is 613. The van der Waals surface area contributed by atoms with Crippen molar-refractivity contribution >= 4 is 0 Å². The minimum Gasteiger partial charge on any atom is -0.508 e. The Kier molecular flexibility index (Phi) is 6.12. The number of aromatic nitrogens is 2. The normalized spacial score (nSPS) is 13.0. The maximum absolute atomic E-state index is 9.64. The fraction of sp³-hybridized carbons (Fsp3) is 0.529. The first kappa shape index (κ1) is 17.4. The van der Waals surface area contributed by atoms with E-state index in [2.05, 4.69) is 28.9 Å². The maximum Gasteiger partial charge on any atom is 0.240 e. The van der Waals surface area contributed by atoms with Crippen LogP contribution in [0.2, 0.25) is 0 Å². The predicted octanol–water partition coefficient (Wildman–Crippen LogP) is 3.28. The van der Waals surface area contributed by atoms with Crippen molar-refractivity contribution in [2.45, 2.75) is 53.0 Å². The summed E-state index contributed by atoms with van der Waals surface area (Å²) >= 11 is 0. The maximum atomic E-state index is 9.64. The van der Waals surface area contributed by atoms with E-state index in [0.29, 0.717) is 24.9 Å². The molecule has 0 bridgehead atoms. The number of phenols is 1. The average molecular weight is 319 g/mol. The van der Waals surface area contributed by atoms with E-state index in [0.717, 1.165) is 12.1 Å². The number of phenolic OH excluding ortho intramolecular Hbond substituents is 1. The van der Waals surface area contributed by atoms with Crippen molar-refractivity contribution in [3.8, 4) is 5.75 Å². The van der Waals surface area contributed by atoms with Crippen LogP contribution < -0.4 is 0 Å². The van der Waals surface area contributed by atoms with Gasteiger partial charge in [0.25, 0.3) is 0 Å². The summed E-state index contributed by atoms with van der Waals surface area (Å²) in [6.45, 7) is 9.86. The van der Waals surface area contributed by atoms with Gasteiger partial charge in [0.05, 0.1) is 12.6 Å². The highest BCUT2D eigenvalue weighted by molar-refractivity contribution is 5.29. The monoisotopic (exact) mass is 319 g/mol. The topological polar surface area (TPSA) is 71.6 Å². The van der Waals surface area contributed by atoms with Crippen LogP contribution in [0, 0.1) is 0 Å². The van der Waals surface area contributed by atoms with Gasteiger partial charge in [-0.05, 0) is 45.0 Å². The molecule has 1 N–H and O–H groups in total. The smallest absolute Gasteiger partial charge is 0.240 e. The van der Waals surface area contributed by atoms with Gasteiger partial charge in [-0.25, -0.2) is 0 Å². The summed E-state index contributed by atoms with van der Waals surface area (Å²) in [5.41, 5.74) is 1.05. The van der Waals surface area contributed by atoms with E-state index in [4.69, 9.17) is 9.26 Å². The van der Waals surface area contributed by atoms with Crippen LogP contribution in [0.5, 0.6) is 5.75 Å². The highest BCUT2D eigenvalue weighted by Crippen LogP contribution is 2.24. The molecule has 126 valence electrons. The highest BCUT2D eigenvalue weighted by Gasteiger charge is 2.18. The average Bonchev–Trinajstić information content (AvgIpc) is 2.97. The Labute approximate surface area is 137 Å². The van der Waals surface area contributed by atoms with E-state index < -0.39 is 0 Å². The van der Waals surface area contributed by atoms with Gasteiger partial charge in [0, 0.05) is 6.04 Å². The van der Waals surface area contributed by atoms with Crippen molar-refractivity contribution in [2.24, 2.45) is 0 Å². The molecule has 6 heteroatoms. The molecule has 2 rings (SSSR count). The highest BCUT2D eigenvalue weighted by atomic mass is 16.5. The third kappa shape index (κ3) is 5.04. The van der Waals surface area contributed by atoms with E-state index in [1.165, 1.54) is 0 Å². The van der Waals surface area contributed by atoms with Crippen LogP contribution >= 0.6 is 0 Å². The largest absolute Gasteiger partial charge is 0.508 e. The van der Waals surface area contributed by atoms with Crippen molar-refractivity contribution in [3.05, 3.63) is 41.5 Å². The molecule has 0 spiro atoms. The number of hydrogen-bond acceptors (Lipinski definition) is 6. The van der Waals surface area contributed by atoms with Gasteiger partial charge in [-0.1, -0.05) is 24.2 Å². The van der Waals surface area contributed by atoms with Crippen LogP contribution in [0.25, 0.3) is 0 Å². The molecule has 0 amide bonds. The van der Waals surface area contributed by atoms with Crippen molar-refractivity contribution in [1.82, 2.24) is 15.0 Å². The molecule has 1 unspecified atom stereocenters. The minimum atomic E-state index is 0.134. The molecule has 0 aliphatic heterocycles. The summed E-state index contributed by atoms with van der Waals surface area (Å²) in [7, 11) is 0. The summed E-state index contributed by atoms with van der Waals surface area (Å²) in [6.07, 6.45) is 0.134. The van der Waals surface area contributed by atoms with E-state index in [-0.39, 0.29) is 17.9 Å². The van der Waals surface area contributed by atoms with Crippen molar-refractivity contribution < 1.29 is 14.4 Å². The van der Waals surface area contributed by atoms with E-state index in [1.54, 1.807) is 12.1 Å². The molecule has 1 aromatic carbocycles. The van der Waals surface area contributed by atoms with Gasteiger partial charge < -0.3 is 14.4 Å². The summed E-state index contributed by atoms with van der Waals surface area (Å²) in [5, 5.41) is 13.6. The molecule has 1 heterocycles. The third-order valence-corrected chi connectivity index (χ3v) is 3.70. The first-order chi connectivity index (χ1) is 11.0. The Morgan fingerprint density at radius 2 is 2.09 bits per heavy atom. The van der Waals surface area contributed by atoms with E-state index in [1.807, 2.05) is 26.0 Å². The van der Waals surface area contributed by atoms with Crippen LogP contribution in [-0.2, 0) is 17.9 Å². The standard InChI is InChI=1S/C17H25N3O3/c1-5-20(13(4)14-7-6-8-15(21)9-14)10-17-18-16(19-23-17)11-22-12(2)3/h6-9,12-13,21H,5,10-11H2,1-4H3. The Morgan fingerprint density at radius 1 is 1.30 bits per heavy atom. The Hall–Kier alpha value is -1.92. The minimum absolute atomic E-state index is 0.134. The summed E-state index contributed by atoms with van der Waals surface area (Å²) in [4.78, 5) is 6.57. The quantitative estimate of drug-likeness (QED) is 0.805. The van der Waals surface area contributed by atoms with Gasteiger partial charge in [0.2, 0.25) is 5.89 Å². The van der Waals surface area contributed by atoms with Crippen LogP contribution in [0.1, 0.15) is 51.0 Å². The van der Waals surface area contributed by atoms with Crippen LogP contribution in [0.15, 0.2) is 28.8 Å². The molecule has 2 aromatic rings. The molecule has 0 radical (unpaired) electrons. The first-order valence-electron chi connectivity index (χ1n) is 7.95. The second-order valence-electron chi connectivity index (χ2n) is 5.80. The lowest BCUT2D eigenvalue weighted by Crippen LogP contribution is -2.26. The molecule has 0 fully saturated rings. The zero-order valence-corrected chi connectivity index (χ0v) is 14.2. The predicted molar refractivity (Wildman–Crippen MR) is 86.8 cm³/mol. The molecule has 0 saturated heterocycles. The van der Waals surface area contributed by atoms with Crippen molar-refractivity contribution in [3.63, 3.8) is 0 Å². The van der Waals surface area contributed by atoms with Gasteiger partial charge in [0.15, 0.2) is 5.82 Å². The van der Waals surface area contributed by atoms with E-state index in [9.17, 15) is 5.11 Å².